The van der Waals surface area contributed by atoms with Gasteiger partial charge in [-0.2, -0.15) is 0 Å². The summed E-state index contributed by atoms with van der Waals surface area (Å²) in [6, 6.07) is 5.73. The highest BCUT2D eigenvalue weighted by molar-refractivity contribution is 5.98. The van der Waals surface area contributed by atoms with Crippen LogP contribution in [0, 0.1) is 12.8 Å². The minimum atomic E-state index is 0.104. The van der Waals surface area contributed by atoms with E-state index in [9.17, 15) is 4.79 Å². The minimum absolute atomic E-state index is 0.104. The van der Waals surface area contributed by atoms with E-state index in [1.807, 2.05) is 25.1 Å². The molecule has 0 saturated carbocycles. The van der Waals surface area contributed by atoms with Crippen LogP contribution in [0.15, 0.2) is 24.4 Å². The Balaban J connectivity index is 1.72. The van der Waals surface area contributed by atoms with Crippen molar-refractivity contribution in [3.05, 3.63) is 41.3 Å². The average molecular weight is 349 g/mol. The van der Waals surface area contributed by atoms with Gasteiger partial charge >= 0.3 is 0 Å². The second kappa shape index (κ2) is 6.33. The van der Waals surface area contributed by atoms with Crippen molar-refractivity contribution in [3.8, 4) is 5.75 Å². The molecule has 1 N–H and O–H groups in total. The van der Waals surface area contributed by atoms with Gasteiger partial charge in [-0.05, 0) is 25.3 Å². The van der Waals surface area contributed by atoms with Gasteiger partial charge in [0.05, 0.1) is 24.1 Å². The number of aromatic nitrogens is 4. The molecule has 1 aliphatic rings. The summed E-state index contributed by atoms with van der Waals surface area (Å²) in [4.78, 5) is 29.9. The maximum absolute atomic E-state index is 12.1. The zero-order valence-corrected chi connectivity index (χ0v) is 14.9. The van der Waals surface area contributed by atoms with E-state index < -0.39 is 0 Å². The molecule has 7 nitrogen and oxygen atoms in total. The third-order valence-corrected chi connectivity index (χ3v) is 4.57. The van der Waals surface area contributed by atoms with E-state index in [1.54, 1.807) is 13.3 Å². The normalized spacial score (nSPS) is 16.4. The van der Waals surface area contributed by atoms with Crippen LogP contribution in [0.4, 0.5) is 11.9 Å². The van der Waals surface area contributed by atoms with Crippen LogP contribution in [-0.2, 0) is 6.42 Å². The number of para-hydroxylation sites is 1. The van der Waals surface area contributed by atoms with Crippen LogP contribution in [0.25, 0.3) is 10.9 Å². The highest BCUT2D eigenvalue weighted by Gasteiger charge is 2.24. The van der Waals surface area contributed by atoms with Gasteiger partial charge in [0.25, 0.3) is 0 Å². The van der Waals surface area contributed by atoms with Gasteiger partial charge in [0.1, 0.15) is 11.3 Å². The number of hydrogen-bond acceptors (Lipinski definition) is 7. The Morgan fingerprint density at radius 3 is 2.81 bits per heavy atom. The van der Waals surface area contributed by atoms with E-state index in [4.69, 9.17) is 4.74 Å². The number of anilines is 2. The highest BCUT2D eigenvalue weighted by Crippen LogP contribution is 2.28. The van der Waals surface area contributed by atoms with Gasteiger partial charge in [-0.15, -0.1) is 0 Å². The molecule has 1 aromatic carbocycles. The number of fused-ring (bicyclic) bond motifs is 2. The third kappa shape index (κ3) is 2.85. The molecule has 0 spiro atoms. The fourth-order valence-corrected chi connectivity index (χ4v) is 3.29. The molecular formula is C19H19N5O2. The van der Waals surface area contributed by atoms with Crippen molar-refractivity contribution in [3.63, 3.8) is 0 Å². The third-order valence-electron chi connectivity index (χ3n) is 4.57. The van der Waals surface area contributed by atoms with Gasteiger partial charge in [0, 0.05) is 18.0 Å². The summed E-state index contributed by atoms with van der Waals surface area (Å²) in [5.41, 5.74) is 2.96. The zero-order chi connectivity index (χ0) is 18.3. The smallest absolute Gasteiger partial charge is 0.230 e. The van der Waals surface area contributed by atoms with E-state index >= 15 is 0 Å². The quantitative estimate of drug-likeness (QED) is 0.776. The molecule has 0 aliphatic heterocycles. The molecule has 1 aliphatic carbocycles. The Labute approximate surface area is 150 Å². The van der Waals surface area contributed by atoms with Crippen LogP contribution in [0.3, 0.4) is 0 Å². The van der Waals surface area contributed by atoms with Crippen LogP contribution in [0.5, 0.6) is 5.75 Å². The number of methoxy groups -OCH3 is 1. The van der Waals surface area contributed by atoms with Crippen molar-refractivity contribution in [1.29, 1.82) is 0 Å². The number of rotatable bonds is 3. The first-order valence-electron chi connectivity index (χ1n) is 8.52. The van der Waals surface area contributed by atoms with Crippen molar-refractivity contribution in [2.45, 2.75) is 26.7 Å². The van der Waals surface area contributed by atoms with Gasteiger partial charge in [-0.25, -0.2) is 19.9 Å². The number of ketones is 1. The van der Waals surface area contributed by atoms with E-state index in [2.05, 4.69) is 32.2 Å². The monoisotopic (exact) mass is 349 g/mol. The van der Waals surface area contributed by atoms with Crippen LogP contribution in [0.2, 0.25) is 0 Å². The number of benzene rings is 1. The molecule has 0 saturated heterocycles. The lowest BCUT2D eigenvalue weighted by atomic mass is 9.88. The number of aryl methyl sites for hydroxylation is 1. The van der Waals surface area contributed by atoms with Crippen LogP contribution in [0.1, 0.15) is 35.1 Å². The molecular weight excluding hydrogens is 330 g/mol. The predicted molar refractivity (Wildman–Crippen MR) is 98.0 cm³/mol. The molecule has 0 bridgehead atoms. The first-order chi connectivity index (χ1) is 12.5. The van der Waals surface area contributed by atoms with Crippen molar-refractivity contribution in [2.75, 3.05) is 12.4 Å². The maximum Gasteiger partial charge on any atom is 0.230 e. The molecule has 7 heteroatoms. The first kappa shape index (κ1) is 16.4. The summed E-state index contributed by atoms with van der Waals surface area (Å²) in [5.74, 6) is 1.87. The van der Waals surface area contributed by atoms with Crippen LogP contribution >= 0.6 is 0 Å². The number of hydrogen-bond donors (Lipinski definition) is 1. The van der Waals surface area contributed by atoms with Gasteiger partial charge in [0.15, 0.2) is 5.78 Å². The molecule has 1 atom stereocenters. The number of carbonyl (C=O) groups excluding carboxylic acids is 1. The van der Waals surface area contributed by atoms with E-state index in [-0.39, 0.29) is 5.78 Å². The summed E-state index contributed by atoms with van der Waals surface area (Å²) >= 11 is 0. The molecule has 0 amide bonds. The minimum Gasteiger partial charge on any atom is -0.494 e. The second-order valence-corrected chi connectivity index (χ2v) is 6.60. The molecule has 4 rings (SSSR count). The Kier molecular flexibility index (Phi) is 3.99. The van der Waals surface area contributed by atoms with Gasteiger partial charge < -0.3 is 4.74 Å². The average Bonchev–Trinajstić information content (AvgIpc) is 2.61. The largest absolute Gasteiger partial charge is 0.494 e. The topological polar surface area (TPSA) is 89.9 Å². The fraction of sp³-hybridized carbons (Fsp3) is 0.316. The number of carbonyl (C=O) groups is 1. The SMILES string of the molecule is COc1cccc2c(C)nc(Nc3ncc4c(n3)CC(C)CC4=O)nc12. The standard InChI is InChI=1S/C19H19N5O2/c1-10-7-14-13(15(25)8-10)9-20-18(22-14)24-19-21-11(2)12-5-4-6-16(26-3)17(12)23-19/h4-6,9-10H,7-8H2,1-3H3,(H,20,21,22,23,24). The predicted octanol–water partition coefficient (Wildman–Crippen LogP) is 3.25. The van der Waals surface area contributed by atoms with E-state index in [1.165, 1.54) is 0 Å². The molecule has 132 valence electrons. The lowest BCUT2D eigenvalue weighted by molar-refractivity contribution is 0.0951. The summed E-state index contributed by atoms with van der Waals surface area (Å²) < 4.78 is 5.40. The van der Waals surface area contributed by atoms with Crippen molar-refractivity contribution in [2.24, 2.45) is 5.92 Å². The summed E-state index contributed by atoms with van der Waals surface area (Å²) in [6.07, 6.45) is 2.91. The summed E-state index contributed by atoms with van der Waals surface area (Å²) in [6.45, 7) is 3.97. The van der Waals surface area contributed by atoms with Gasteiger partial charge in [-0.1, -0.05) is 19.1 Å². The molecule has 26 heavy (non-hydrogen) atoms. The first-order valence-corrected chi connectivity index (χ1v) is 8.52. The fourth-order valence-electron chi connectivity index (χ4n) is 3.29. The Morgan fingerprint density at radius 1 is 1.15 bits per heavy atom. The maximum atomic E-state index is 12.1. The molecule has 1 unspecified atom stereocenters. The van der Waals surface area contributed by atoms with Crippen LogP contribution < -0.4 is 10.1 Å². The number of nitrogens with zero attached hydrogens (tertiary/aromatic N) is 4. The lowest BCUT2D eigenvalue weighted by Crippen LogP contribution is -2.20. The van der Waals surface area contributed by atoms with Gasteiger partial charge in [-0.3, -0.25) is 10.1 Å². The molecule has 2 heterocycles. The number of ether oxygens (including phenoxy) is 1. The Morgan fingerprint density at radius 2 is 2.00 bits per heavy atom. The van der Waals surface area contributed by atoms with Crippen molar-refractivity contribution in [1.82, 2.24) is 19.9 Å². The summed E-state index contributed by atoms with van der Waals surface area (Å²) in [7, 11) is 1.62. The molecule has 0 fully saturated rings. The molecule has 3 aromatic rings. The Bertz CT molecular complexity index is 1020. The highest BCUT2D eigenvalue weighted by atomic mass is 16.5. The lowest BCUT2D eigenvalue weighted by Gasteiger charge is -2.19. The number of nitrogens with one attached hydrogen (secondary N) is 1. The second-order valence-electron chi connectivity index (χ2n) is 6.60. The van der Waals surface area contributed by atoms with E-state index in [0.717, 1.165) is 28.7 Å². The Hall–Kier alpha value is -3.09. The number of Topliss-reactive ketones (excluding diaryl/α,β-unsaturated/α-hetero) is 1. The van der Waals surface area contributed by atoms with Crippen LogP contribution in [-0.4, -0.2) is 32.8 Å². The van der Waals surface area contributed by atoms with Crippen molar-refractivity contribution >= 4 is 28.6 Å². The van der Waals surface area contributed by atoms with Gasteiger partial charge in [0.2, 0.25) is 11.9 Å². The summed E-state index contributed by atoms with van der Waals surface area (Å²) in [5, 5.41) is 3.99. The zero-order valence-electron chi connectivity index (χ0n) is 14.9. The van der Waals surface area contributed by atoms with Crippen molar-refractivity contribution < 1.29 is 9.53 Å². The molecule has 0 radical (unpaired) electrons. The van der Waals surface area contributed by atoms with E-state index in [0.29, 0.717) is 35.5 Å². The molecule has 2 aromatic heterocycles.